The molecule has 0 radical (unpaired) electrons. The van der Waals surface area contributed by atoms with E-state index < -0.39 is 0 Å². The van der Waals surface area contributed by atoms with Crippen LogP contribution in [0.5, 0.6) is 0 Å². The van der Waals surface area contributed by atoms with Gasteiger partial charge < -0.3 is 4.74 Å². The van der Waals surface area contributed by atoms with Crippen molar-refractivity contribution >= 4 is 15.9 Å². The van der Waals surface area contributed by atoms with Crippen molar-refractivity contribution in [3.8, 4) is 0 Å². The summed E-state index contributed by atoms with van der Waals surface area (Å²) in [6, 6.07) is 0. The van der Waals surface area contributed by atoms with Gasteiger partial charge in [0.2, 0.25) is 0 Å². The summed E-state index contributed by atoms with van der Waals surface area (Å²) in [7, 11) is 0. The van der Waals surface area contributed by atoms with Gasteiger partial charge in [0.15, 0.2) is 0 Å². The lowest BCUT2D eigenvalue weighted by molar-refractivity contribution is 0.0323. The molecule has 1 aliphatic heterocycles. The van der Waals surface area contributed by atoms with Crippen molar-refractivity contribution in [1.82, 2.24) is 0 Å². The fourth-order valence-electron chi connectivity index (χ4n) is 0.929. The third-order valence-corrected chi connectivity index (χ3v) is 2.17. The molecule has 0 saturated carbocycles. The molecule has 1 heterocycles. The Morgan fingerprint density at radius 1 is 1.50 bits per heavy atom. The molecule has 0 N–H and O–H groups in total. The molecule has 8 heavy (non-hydrogen) atoms. The second-order valence-corrected chi connectivity index (χ2v) is 2.79. The minimum atomic E-state index is 0.503. The summed E-state index contributed by atoms with van der Waals surface area (Å²) in [5, 5.41) is 1.01. The lowest BCUT2D eigenvalue weighted by Gasteiger charge is -2.19. The summed E-state index contributed by atoms with van der Waals surface area (Å²) in [6.07, 6.45) is 4.34. The van der Waals surface area contributed by atoms with Gasteiger partial charge in [-0.3, -0.25) is 0 Å². The number of halogens is 1. The Morgan fingerprint density at radius 3 is 2.75 bits per heavy atom. The van der Waals surface area contributed by atoms with E-state index in [4.69, 9.17) is 4.74 Å². The third kappa shape index (κ3) is 1.75. The average molecular weight is 179 g/mol. The second kappa shape index (κ2) is 3.46. The third-order valence-electron chi connectivity index (χ3n) is 1.45. The molecule has 0 spiro atoms. The van der Waals surface area contributed by atoms with Crippen LogP contribution < -0.4 is 0 Å². The van der Waals surface area contributed by atoms with E-state index in [1.807, 2.05) is 0 Å². The molecule has 1 fully saturated rings. The minimum Gasteiger partial charge on any atom is -0.377 e. The molecule has 0 aromatic rings. The van der Waals surface area contributed by atoms with E-state index in [1.54, 1.807) is 0 Å². The summed E-state index contributed by atoms with van der Waals surface area (Å²) >= 11 is 3.39. The molecular weight excluding hydrogens is 168 g/mol. The van der Waals surface area contributed by atoms with Crippen LogP contribution in [0.25, 0.3) is 0 Å². The van der Waals surface area contributed by atoms with Crippen LogP contribution in [0.2, 0.25) is 0 Å². The van der Waals surface area contributed by atoms with E-state index in [-0.39, 0.29) is 0 Å². The second-order valence-electron chi connectivity index (χ2n) is 2.14. The van der Waals surface area contributed by atoms with Crippen molar-refractivity contribution in [3.63, 3.8) is 0 Å². The van der Waals surface area contributed by atoms with Crippen LogP contribution >= 0.6 is 15.9 Å². The summed E-state index contributed by atoms with van der Waals surface area (Å²) < 4.78 is 5.38. The molecular formula is C6H11BrO. The zero-order chi connectivity index (χ0) is 5.82. The molecule has 1 rings (SSSR count). The first-order valence-electron chi connectivity index (χ1n) is 3.11. The standard InChI is InChI=1S/C6H11BrO/c7-5-6-3-1-2-4-8-6/h6H,1-5H2/t6-/m1/s1. The number of ether oxygens (including phenoxy) is 1. The summed E-state index contributed by atoms with van der Waals surface area (Å²) in [6.45, 7) is 0.969. The van der Waals surface area contributed by atoms with Crippen molar-refractivity contribution in [2.24, 2.45) is 0 Å². The number of hydrogen-bond donors (Lipinski definition) is 0. The van der Waals surface area contributed by atoms with Gasteiger partial charge in [0.1, 0.15) is 0 Å². The van der Waals surface area contributed by atoms with E-state index in [2.05, 4.69) is 15.9 Å². The first kappa shape index (κ1) is 6.56. The van der Waals surface area contributed by atoms with Crippen LogP contribution in [0.4, 0.5) is 0 Å². The van der Waals surface area contributed by atoms with Gasteiger partial charge in [-0.1, -0.05) is 15.9 Å². The van der Waals surface area contributed by atoms with Crippen molar-refractivity contribution in [2.75, 3.05) is 11.9 Å². The topological polar surface area (TPSA) is 9.23 Å². The van der Waals surface area contributed by atoms with Gasteiger partial charge >= 0.3 is 0 Å². The molecule has 0 aliphatic carbocycles. The Morgan fingerprint density at radius 2 is 2.38 bits per heavy atom. The van der Waals surface area contributed by atoms with E-state index in [0.717, 1.165) is 11.9 Å². The van der Waals surface area contributed by atoms with Crippen molar-refractivity contribution in [2.45, 2.75) is 25.4 Å². The predicted octanol–water partition coefficient (Wildman–Crippen LogP) is 1.95. The molecule has 0 unspecified atom stereocenters. The fraction of sp³-hybridized carbons (Fsp3) is 1.00. The van der Waals surface area contributed by atoms with Crippen LogP contribution in [0.1, 0.15) is 19.3 Å². The van der Waals surface area contributed by atoms with Crippen LogP contribution in [0, 0.1) is 0 Å². The SMILES string of the molecule is BrC[C@H]1CCCCO1. The van der Waals surface area contributed by atoms with Crippen LogP contribution in [0.3, 0.4) is 0 Å². The average Bonchev–Trinajstić information content (AvgIpc) is 1.90. The van der Waals surface area contributed by atoms with Crippen LogP contribution in [-0.2, 0) is 4.74 Å². The maximum Gasteiger partial charge on any atom is 0.0671 e. The van der Waals surface area contributed by atoms with Gasteiger partial charge in [0.25, 0.3) is 0 Å². The molecule has 0 aromatic carbocycles. The molecule has 2 heteroatoms. The lowest BCUT2D eigenvalue weighted by atomic mass is 10.1. The van der Waals surface area contributed by atoms with Crippen molar-refractivity contribution in [3.05, 3.63) is 0 Å². The summed E-state index contributed by atoms with van der Waals surface area (Å²) in [5.41, 5.74) is 0. The van der Waals surface area contributed by atoms with Gasteiger partial charge in [-0.15, -0.1) is 0 Å². The molecule has 1 saturated heterocycles. The number of hydrogen-bond acceptors (Lipinski definition) is 1. The van der Waals surface area contributed by atoms with Gasteiger partial charge in [-0.25, -0.2) is 0 Å². The highest BCUT2D eigenvalue weighted by atomic mass is 79.9. The zero-order valence-corrected chi connectivity index (χ0v) is 6.49. The van der Waals surface area contributed by atoms with E-state index in [0.29, 0.717) is 6.10 Å². The predicted molar refractivity (Wildman–Crippen MR) is 37.4 cm³/mol. The number of rotatable bonds is 1. The quantitative estimate of drug-likeness (QED) is 0.559. The largest absolute Gasteiger partial charge is 0.377 e. The van der Waals surface area contributed by atoms with Crippen LogP contribution in [0.15, 0.2) is 0 Å². The molecule has 0 amide bonds. The number of alkyl halides is 1. The highest BCUT2D eigenvalue weighted by Gasteiger charge is 2.10. The van der Waals surface area contributed by atoms with Gasteiger partial charge in [0, 0.05) is 11.9 Å². The summed E-state index contributed by atoms with van der Waals surface area (Å²) in [4.78, 5) is 0. The van der Waals surface area contributed by atoms with Crippen molar-refractivity contribution in [1.29, 1.82) is 0 Å². The Labute approximate surface area is 58.5 Å². The molecule has 1 atom stereocenters. The molecule has 1 aliphatic rings. The van der Waals surface area contributed by atoms with Gasteiger partial charge in [0.05, 0.1) is 6.10 Å². The van der Waals surface area contributed by atoms with Crippen LogP contribution in [-0.4, -0.2) is 18.0 Å². The normalized spacial score (nSPS) is 30.4. The lowest BCUT2D eigenvalue weighted by Crippen LogP contribution is -2.19. The van der Waals surface area contributed by atoms with Gasteiger partial charge in [-0.05, 0) is 19.3 Å². The Balaban J connectivity index is 2.13. The molecule has 48 valence electrons. The Bertz CT molecular complexity index is 59.5. The van der Waals surface area contributed by atoms with Crippen molar-refractivity contribution < 1.29 is 4.74 Å². The maximum atomic E-state index is 5.38. The van der Waals surface area contributed by atoms with Gasteiger partial charge in [-0.2, -0.15) is 0 Å². The molecule has 0 aromatic heterocycles. The minimum absolute atomic E-state index is 0.503. The monoisotopic (exact) mass is 178 g/mol. The highest BCUT2D eigenvalue weighted by molar-refractivity contribution is 9.09. The smallest absolute Gasteiger partial charge is 0.0671 e. The fourth-order valence-corrected chi connectivity index (χ4v) is 1.44. The Kier molecular flexibility index (Phi) is 2.84. The first-order valence-corrected chi connectivity index (χ1v) is 4.23. The van der Waals surface area contributed by atoms with E-state index in [1.165, 1.54) is 19.3 Å². The molecule has 1 nitrogen and oxygen atoms in total. The van der Waals surface area contributed by atoms with E-state index >= 15 is 0 Å². The first-order chi connectivity index (χ1) is 3.93. The van der Waals surface area contributed by atoms with E-state index in [9.17, 15) is 0 Å². The Hall–Kier alpha value is 0.440. The maximum absolute atomic E-state index is 5.38. The zero-order valence-electron chi connectivity index (χ0n) is 4.90. The molecule has 0 bridgehead atoms. The highest BCUT2D eigenvalue weighted by Crippen LogP contribution is 2.13. The summed E-state index contributed by atoms with van der Waals surface area (Å²) in [5.74, 6) is 0.